The van der Waals surface area contributed by atoms with Crippen molar-refractivity contribution >= 4 is 27.6 Å². The summed E-state index contributed by atoms with van der Waals surface area (Å²) in [5.74, 6) is -1.12. The van der Waals surface area contributed by atoms with Gasteiger partial charge in [-0.1, -0.05) is 31.9 Å². The van der Waals surface area contributed by atoms with Crippen molar-refractivity contribution in [3.05, 3.63) is 53.6 Å². The summed E-state index contributed by atoms with van der Waals surface area (Å²) in [6.45, 7) is 2.38. The number of rotatable bonds is 8. The van der Waals surface area contributed by atoms with E-state index in [0.717, 1.165) is 37.7 Å². The molecule has 0 spiro atoms. The summed E-state index contributed by atoms with van der Waals surface area (Å²) in [7, 11) is -2.46. The number of carbonyl (C=O) groups is 2. The average Bonchev–Trinajstić information content (AvgIpc) is 3.12. The van der Waals surface area contributed by atoms with E-state index in [9.17, 15) is 18.0 Å². The molecule has 1 amide bonds. The molecule has 0 bridgehead atoms. The van der Waals surface area contributed by atoms with Crippen LogP contribution in [0.15, 0.2) is 47.4 Å². The van der Waals surface area contributed by atoms with Crippen LogP contribution in [-0.2, 0) is 26.0 Å². The van der Waals surface area contributed by atoms with Gasteiger partial charge in [0.15, 0.2) is 6.61 Å². The number of methoxy groups -OCH3 is 1. The third kappa shape index (κ3) is 6.33. The number of sulfonamides is 1. The summed E-state index contributed by atoms with van der Waals surface area (Å²) in [4.78, 5) is 24.7. The second-order valence-corrected chi connectivity index (χ2v) is 9.77. The summed E-state index contributed by atoms with van der Waals surface area (Å²) in [5.41, 5.74) is 1.72. The first-order valence-electron chi connectivity index (χ1n) is 11.1. The molecule has 1 saturated heterocycles. The van der Waals surface area contributed by atoms with Gasteiger partial charge >= 0.3 is 5.97 Å². The zero-order valence-electron chi connectivity index (χ0n) is 19.0. The minimum absolute atomic E-state index is 0.0324. The first kappa shape index (κ1) is 24.7. The fraction of sp³-hybridized carbons (Fsp3) is 0.417. The van der Waals surface area contributed by atoms with Crippen LogP contribution in [-0.4, -0.2) is 51.4 Å². The van der Waals surface area contributed by atoms with Crippen molar-refractivity contribution in [3.8, 4) is 5.75 Å². The Hall–Kier alpha value is -2.91. The van der Waals surface area contributed by atoms with Crippen LogP contribution in [0.25, 0.3) is 0 Å². The van der Waals surface area contributed by atoms with Crippen LogP contribution in [0.1, 0.15) is 48.5 Å². The maximum absolute atomic E-state index is 13.2. The molecule has 178 valence electrons. The smallest absolute Gasteiger partial charge is 0.338 e. The lowest BCUT2D eigenvalue weighted by Crippen LogP contribution is -2.32. The molecule has 8 nitrogen and oxygen atoms in total. The fourth-order valence-corrected chi connectivity index (χ4v) is 5.41. The normalized spacial score (nSPS) is 14.8. The van der Waals surface area contributed by atoms with Crippen molar-refractivity contribution in [2.75, 3.05) is 32.1 Å². The Morgan fingerprint density at radius 2 is 1.76 bits per heavy atom. The molecule has 0 radical (unpaired) electrons. The van der Waals surface area contributed by atoms with Crippen molar-refractivity contribution in [1.29, 1.82) is 0 Å². The molecule has 0 aliphatic carbocycles. The first-order valence-corrected chi connectivity index (χ1v) is 12.5. The monoisotopic (exact) mass is 474 g/mol. The zero-order valence-corrected chi connectivity index (χ0v) is 19.8. The van der Waals surface area contributed by atoms with E-state index in [-0.39, 0.29) is 16.2 Å². The minimum atomic E-state index is -3.84. The standard InChI is InChI=1S/C24H30N2O6S/c1-3-18-9-8-10-20(15-18)25-23(27)17-32-24(28)19-11-12-21(31-2)22(16-19)33(29,30)26-13-6-4-5-7-14-26/h8-12,15-16H,3-7,13-14,17H2,1-2H3,(H,25,27). The maximum Gasteiger partial charge on any atom is 0.338 e. The van der Waals surface area contributed by atoms with Crippen LogP contribution in [0.5, 0.6) is 5.75 Å². The number of esters is 1. The molecule has 9 heteroatoms. The number of carbonyl (C=O) groups excluding carboxylic acids is 2. The van der Waals surface area contributed by atoms with Crippen molar-refractivity contribution < 1.29 is 27.5 Å². The number of hydrogen-bond acceptors (Lipinski definition) is 6. The van der Waals surface area contributed by atoms with Crippen LogP contribution < -0.4 is 10.1 Å². The van der Waals surface area contributed by atoms with E-state index >= 15 is 0 Å². The van der Waals surface area contributed by atoms with Crippen LogP contribution in [0.4, 0.5) is 5.69 Å². The van der Waals surface area contributed by atoms with Crippen LogP contribution in [0.2, 0.25) is 0 Å². The molecule has 0 saturated carbocycles. The van der Waals surface area contributed by atoms with E-state index in [0.29, 0.717) is 18.8 Å². The van der Waals surface area contributed by atoms with E-state index in [1.807, 2.05) is 25.1 Å². The highest BCUT2D eigenvalue weighted by Crippen LogP contribution is 2.29. The first-order chi connectivity index (χ1) is 15.8. The second kappa shape index (κ2) is 11.3. The van der Waals surface area contributed by atoms with Gasteiger partial charge in [0.25, 0.3) is 5.91 Å². The van der Waals surface area contributed by atoms with Crippen LogP contribution in [0.3, 0.4) is 0 Å². The van der Waals surface area contributed by atoms with E-state index < -0.39 is 28.5 Å². The molecule has 1 aliphatic rings. The third-order valence-electron chi connectivity index (χ3n) is 5.54. The Labute approximate surface area is 194 Å². The van der Waals surface area contributed by atoms with E-state index in [1.54, 1.807) is 6.07 Å². The molecular weight excluding hydrogens is 444 g/mol. The molecule has 0 atom stereocenters. The van der Waals surface area contributed by atoms with Crippen molar-refractivity contribution in [2.24, 2.45) is 0 Å². The van der Waals surface area contributed by atoms with E-state index in [2.05, 4.69) is 5.32 Å². The number of nitrogens with one attached hydrogen (secondary N) is 1. The molecule has 0 unspecified atom stereocenters. The minimum Gasteiger partial charge on any atom is -0.495 e. The van der Waals surface area contributed by atoms with Gasteiger partial charge in [-0.25, -0.2) is 13.2 Å². The van der Waals surface area contributed by atoms with Gasteiger partial charge in [0, 0.05) is 18.8 Å². The molecular formula is C24H30N2O6S. The van der Waals surface area contributed by atoms with Gasteiger partial charge < -0.3 is 14.8 Å². The molecule has 1 aliphatic heterocycles. The van der Waals surface area contributed by atoms with Gasteiger partial charge in [-0.3, -0.25) is 4.79 Å². The van der Waals surface area contributed by atoms with Crippen molar-refractivity contribution in [2.45, 2.75) is 43.9 Å². The Morgan fingerprint density at radius 1 is 1.03 bits per heavy atom. The van der Waals surface area contributed by atoms with E-state index in [1.165, 1.54) is 29.6 Å². The van der Waals surface area contributed by atoms with Gasteiger partial charge in [-0.05, 0) is 55.2 Å². The average molecular weight is 475 g/mol. The number of amides is 1. The van der Waals surface area contributed by atoms with Gasteiger partial charge in [0.1, 0.15) is 10.6 Å². The summed E-state index contributed by atoms with van der Waals surface area (Å²) in [6, 6.07) is 11.5. The lowest BCUT2D eigenvalue weighted by atomic mass is 10.1. The molecule has 1 N–H and O–H groups in total. The van der Waals surface area contributed by atoms with Crippen LogP contribution in [0, 0.1) is 0 Å². The third-order valence-corrected chi connectivity index (χ3v) is 7.46. The Kier molecular flexibility index (Phi) is 8.46. The van der Waals surface area contributed by atoms with Crippen LogP contribution >= 0.6 is 0 Å². The second-order valence-electron chi connectivity index (χ2n) is 7.86. The number of aryl methyl sites for hydroxylation is 1. The lowest BCUT2D eigenvalue weighted by Gasteiger charge is -2.21. The molecule has 33 heavy (non-hydrogen) atoms. The highest BCUT2D eigenvalue weighted by atomic mass is 32.2. The van der Waals surface area contributed by atoms with Gasteiger partial charge in [-0.2, -0.15) is 4.31 Å². The Bertz CT molecular complexity index is 1090. The number of ether oxygens (including phenoxy) is 2. The fourth-order valence-electron chi connectivity index (χ4n) is 3.71. The summed E-state index contributed by atoms with van der Waals surface area (Å²) in [6.07, 6.45) is 4.39. The summed E-state index contributed by atoms with van der Waals surface area (Å²) in [5, 5.41) is 2.69. The number of nitrogens with zero attached hydrogens (tertiary/aromatic N) is 1. The topological polar surface area (TPSA) is 102 Å². The molecule has 1 heterocycles. The van der Waals surface area contributed by atoms with Gasteiger partial charge in [0.05, 0.1) is 12.7 Å². The summed E-state index contributed by atoms with van der Waals surface area (Å²) < 4.78 is 38.3. The highest BCUT2D eigenvalue weighted by molar-refractivity contribution is 7.89. The van der Waals surface area contributed by atoms with Gasteiger partial charge in [0.2, 0.25) is 10.0 Å². The van der Waals surface area contributed by atoms with Crippen molar-refractivity contribution in [3.63, 3.8) is 0 Å². The molecule has 1 fully saturated rings. The molecule has 2 aromatic rings. The molecule has 3 rings (SSSR count). The lowest BCUT2D eigenvalue weighted by molar-refractivity contribution is -0.119. The van der Waals surface area contributed by atoms with Crippen molar-refractivity contribution in [1.82, 2.24) is 4.31 Å². The highest BCUT2D eigenvalue weighted by Gasteiger charge is 2.29. The largest absolute Gasteiger partial charge is 0.495 e. The SMILES string of the molecule is CCc1cccc(NC(=O)COC(=O)c2ccc(OC)c(S(=O)(=O)N3CCCCCC3)c2)c1. The number of hydrogen-bond donors (Lipinski definition) is 1. The Balaban J connectivity index is 1.71. The molecule has 2 aromatic carbocycles. The predicted molar refractivity (Wildman–Crippen MR) is 125 cm³/mol. The quantitative estimate of drug-likeness (QED) is 0.587. The maximum atomic E-state index is 13.2. The van der Waals surface area contributed by atoms with E-state index in [4.69, 9.17) is 9.47 Å². The molecule has 0 aromatic heterocycles. The van der Waals surface area contributed by atoms with Gasteiger partial charge in [-0.15, -0.1) is 0 Å². The zero-order chi connectivity index (χ0) is 23.8. The predicted octanol–water partition coefficient (Wildman–Crippen LogP) is 3.62. The number of anilines is 1. The summed E-state index contributed by atoms with van der Waals surface area (Å²) >= 11 is 0. The number of benzene rings is 2. The Morgan fingerprint density at radius 3 is 2.42 bits per heavy atom.